The van der Waals surface area contributed by atoms with Crippen LogP contribution in [0.1, 0.15) is 33.6 Å². The van der Waals surface area contributed by atoms with E-state index < -0.39 is 5.82 Å². The Morgan fingerprint density at radius 1 is 1.31 bits per heavy atom. The van der Waals surface area contributed by atoms with E-state index in [1.54, 1.807) is 4.90 Å². The molecule has 0 bridgehead atoms. The second-order valence-electron chi connectivity index (χ2n) is 3.85. The second-order valence-corrected chi connectivity index (χ2v) is 3.85. The molecular weight excluding hydrogens is 209 g/mol. The predicted molar refractivity (Wildman–Crippen MR) is 56.9 cm³/mol. The minimum atomic E-state index is -0.590. The van der Waals surface area contributed by atoms with Gasteiger partial charge in [-0.1, -0.05) is 0 Å². The van der Waals surface area contributed by atoms with Crippen molar-refractivity contribution in [1.29, 1.82) is 0 Å². The van der Waals surface area contributed by atoms with Gasteiger partial charge in [-0.2, -0.15) is 0 Å². The quantitative estimate of drug-likeness (QED) is 0.715. The predicted octanol–water partition coefficient (Wildman–Crippen LogP) is 1.87. The van der Waals surface area contributed by atoms with E-state index in [1.807, 2.05) is 0 Å². The molecule has 1 saturated heterocycles. The number of likely N-dealkylation sites (tertiary alicyclic amines) is 1. The van der Waals surface area contributed by atoms with Gasteiger partial charge < -0.3 is 4.90 Å². The van der Waals surface area contributed by atoms with Gasteiger partial charge in [0.1, 0.15) is 5.82 Å². The van der Waals surface area contributed by atoms with Crippen LogP contribution in [0.2, 0.25) is 0 Å². The third-order valence-electron chi connectivity index (χ3n) is 2.76. The van der Waals surface area contributed by atoms with E-state index in [2.05, 4.69) is 0 Å². The van der Waals surface area contributed by atoms with Crippen LogP contribution in [0.4, 0.5) is 4.39 Å². The average molecular weight is 221 g/mol. The molecule has 2 rings (SSSR count). The van der Waals surface area contributed by atoms with E-state index in [9.17, 15) is 14.0 Å². The molecular formula is C12H12FNO2. The molecule has 1 fully saturated rings. The molecule has 1 aromatic carbocycles. The largest absolute Gasteiger partial charge is 0.339 e. The highest BCUT2D eigenvalue weighted by atomic mass is 19.1. The SMILES string of the molecule is O=Cc1cc(C(=O)N2CCCC2)ccc1F. The summed E-state index contributed by atoms with van der Waals surface area (Å²) in [6.45, 7) is 1.49. The fourth-order valence-electron chi connectivity index (χ4n) is 1.87. The van der Waals surface area contributed by atoms with E-state index in [-0.39, 0.29) is 11.5 Å². The number of hydrogen-bond donors (Lipinski definition) is 0. The first-order valence-electron chi connectivity index (χ1n) is 5.26. The molecule has 3 nitrogen and oxygen atoms in total. The zero-order valence-corrected chi connectivity index (χ0v) is 8.78. The van der Waals surface area contributed by atoms with E-state index in [0.717, 1.165) is 32.0 Å². The number of nitrogens with zero attached hydrogens (tertiary/aromatic N) is 1. The van der Waals surface area contributed by atoms with Crippen molar-refractivity contribution in [1.82, 2.24) is 4.90 Å². The van der Waals surface area contributed by atoms with Gasteiger partial charge in [0.05, 0.1) is 5.56 Å². The summed E-state index contributed by atoms with van der Waals surface area (Å²) < 4.78 is 13.1. The van der Waals surface area contributed by atoms with Crippen LogP contribution in [-0.2, 0) is 0 Å². The number of aldehydes is 1. The zero-order valence-electron chi connectivity index (χ0n) is 8.78. The Balaban J connectivity index is 2.26. The second kappa shape index (κ2) is 4.43. The van der Waals surface area contributed by atoms with E-state index in [1.165, 1.54) is 12.1 Å². The van der Waals surface area contributed by atoms with E-state index in [4.69, 9.17) is 0 Å². The Hall–Kier alpha value is -1.71. The summed E-state index contributed by atoms with van der Waals surface area (Å²) >= 11 is 0. The number of hydrogen-bond acceptors (Lipinski definition) is 2. The Morgan fingerprint density at radius 3 is 2.62 bits per heavy atom. The van der Waals surface area contributed by atoms with Crippen molar-refractivity contribution >= 4 is 12.2 Å². The molecule has 4 heteroatoms. The van der Waals surface area contributed by atoms with Gasteiger partial charge in [0.2, 0.25) is 0 Å². The number of rotatable bonds is 2. The van der Waals surface area contributed by atoms with Gasteiger partial charge >= 0.3 is 0 Å². The number of halogens is 1. The highest BCUT2D eigenvalue weighted by Gasteiger charge is 2.20. The fraction of sp³-hybridized carbons (Fsp3) is 0.333. The number of carbonyl (C=O) groups is 2. The molecule has 0 atom stereocenters. The minimum absolute atomic E-state index is 0.0648. The maximum atomic E-state index is 13.1. The first kappa shape index (κ1) is 10.8. The lowest BCUT2D eigenvalue weighted by Gasteiger charge is -2.15. The van der Waals surface area contributed by atoms with Crippen molar-refractivity contribution < 1.29 is 14.0 Å². The molecule has 0 unspecified atom stereocenters. The lowest BCUT2D eigenvalue weighted by molar-refractivity contribution is 0.0793. The lowest BCUT2D eigenvalue weighted by Crippen LogP contribution is -2.27. The first-order valence-corrected chi connectivity index (χ1v) is 5.26. The molecule has 0 aromatic heterocycles. The molecule has 1 aliphatic rings. The zero-order chi connectivity index (χ0) is 11.5. The number of benzene rings is 1. The summed E-state index contributed by atoms with van der Waals surface area (Å²) in [6, 6.07) is 3.89. The average Bonchev–Trinajstić information content (AvgIpc) is 2.82. The molecule has 0 spiro atoms. The standard InChI is InChI=1S/C12H12FNO2/c13-11-4-3-9(7-10(11)8-15)12(16)14-5-1-2-6-14/h3-4,7-8H,1-2,5-6H2. The maximum absolute atomic E-state index is 13.1. The van der Waals surface area contributed by atoms with Crippen LogP contribution >= 0.6 is 0 Å². The summed E-state index contributed by atoms with van der Waals surface area (Å²) in [5.74, 6) is -0.714. The van der Waals surface area contributed by atoms with Crippen LogP contribution in [0.3, 0.4) is 0 Å². The molecule has 1 aromatic rings. The van der Waals surface area contributed by atoms with Crippen LogP contribution in [0.5, 0.6) is 0 Å². The molecule has 0 aliphatic carbocycles. The van der Waals surface area contributed by atoms with Gasteiger partial charge in [0, 0.05) is 18.7 Å². The van der Waals surface area contributed by atoms with Crippen LogP contribution < -0.4 is 0 Å². The third kappa shape index (κ3) is 1.96. The topological polar surface area (TPSA) is 37.4 Å². The number of carbonyl (C=O) groups excluding carboxylic acids is 2. The summed E-state index contributed by atoms with van der Waals surface area (Å²) in [4.78, 5) is 24.2. The molecule has 84 valence electrons. The van der Waals surface area contributed by atoms with Gasteiger partial charge in [-0.05, 0) is 31.0 Å². The monoisotopic (exact) mass is 221 g/mol. The highest BCUT2D eigenvalue weighted by molar-refractivity contribution is 5.96. The van der Waals surface area contributed by atoms with Crippen molar-refractivity contribution in [3.8, 4) is 0 Å². The lowest BCUT2D eigenvalue weighted by atomic mass is 10.1. The Morgan fingerprint density at radius 2 is 2.00 bits per heavy atom. The van der Waals surface area contributed by atoms with Crippen LogP contribution in [0.15, 0.2) is 18.2 Å². The Kier molecular flexibility index (Phi) is 2.99. The van der Waals surface area contributed by atoms with Crippen molar-refractivity contribution in [2.75, 3.05) is 13.1 Å². The van der Waals surface area contributed by atoms with Crippen molar-refractivity contribution in [3.63, 3.8) is 0 Å². The maximum Gasteiger partial charge on any atom is 0.253 e. The van der Waals surface area contributed by atoms with Crippen LogP contribution in [-0.4, -0.2) is 30.2 Å². The van der Waals surface area contributed by atoms with Crippen LogP contribution in [0.25, 0.3) is 0 Å². The molecule has 0 radical (unpaired) electrons. The van der Waals surface area contributed by atoms with Gasteiger partial charge in [0.25, 0.3) is 5.91 Å². The molecule has 0 N–H and O–H groups in total. The first-order chi connectivity index (χ1) is 7.72. The third-order valence-corrected chi connectivity index (χ3v) is 2.76. The normalized spacial score (nSPS) is 15.2. The summed E-state index contributed by atoms with van der Waals surface area (Å²) in [5.41, 5.74) is 0.315. The van der Waals surface area contributed by atoms with Gasteiger partial charge in [-0.15, -0.1) is 0 Å². The van der Waals surface area contributed by atoms with Gasteiger partial charge in [-0.25, -0.2) is 4.39 Å². The van der Waals surface area contributed by atoms with Crippen molar-refractivity contribution in [3.05, 3.63) is 35.1 Å². The van der Waals surface area contributed by atoms with Crippen LogP contribution in [0, 0.1) is 5.82 Å². The smallest absolute Gasteiger partial charge is 0.253 e. The van der Waals surface area contributed by atoms with Crippen molar-refractivity contribution in [2.24, 2.45) is 0 Å². The Labute approximate surface area is 92.9 Å². The summed E-state index contributed by atoms with van der Waals surface area (Å²) in [6.07, 6.45) is 2.44. The highest BCUT2D eigenvalue weighted by Crippen LogP contribution is 2.15. The van der Waals surface area contributed by atoms with Gasteiger partial charge in [-0.3, -0.25) is 9.59 Å². The van der Waals surface area contributed by atoms with E-state index in [0.29, 0.717) is 11.8 Å². The molecule has 1 aliphatic heterocycles. The fourth-order valence-corrected chi connectivity index (χ4v) is 1.87. The minimum Gasteiger partial charge on any atom is -0.339 e. The van der Waals surface area contributed by atoms with Crippen molar-refractivity contribution in [2.45, 2.75) is 12.8 Å². The Bertz CT molecular complexity index is 425. The summed E-state index contributed by atoms with van der Waals surface area (Å²) in [5, 5.41) is 0. The molecule has 1 amide bonds. The molecule has 0 saturated carbocycles. The van der Waals surface area contributed by atoms with E-state index >= 15 is 0 Å². The molecule has 1 heterocycles. The van der Waals surface area contributed by atoms with Gasteiger partial charge in [0.15, 0.2) is 6.29 Å². The molecule has 16 heavy (non-hydrogen) atoms. The number of amides is 1. The summed E-state index contributed by atoms with van der Waals surface area (Å²) in [7, 11) is 0.